The Hall–Kier alpha value is -5.52. The van der Waals surface area contributed by atoms with Crippen molar-refractivity contribution >= 4 is 41.3 Å². The van der Waals surface area contributed by atoms with E-state index in [-0.39, 0.29) is 22.6 Å². The Bertz CT molecular complexity index is 1480. The first-order chi connectivity index (χ1) is 19.4. The maximum Gasteiger partial charge on any atom is 0.349 e. The lowest BCUT2D eigenvalue weighted by Gasteiger charge is -2.23. The number of aliphatic carboxylic acids is 1. The van der Waals surface area contributed by atoms with Crippen LogP contribution >= 0.6 is 0 Å². The Kier molecular flexibility index (Phi) is 9.90. The van der Waals surface area contributed by atoms with E-state index in [4.69, 9.17) is 9.47 Å². The van der Waals surface area contributed by atoms with Gasteiger partial charge in [-0.05, 0) is 62.4 Å². The van der Waals surface area contributed by atoms with Gasteiger partial charge in [0.25, 0.3) is 11.8 Å². The fraction of sp³-hybridized carbons (Fsp3) is 0.172. The second-order valence-corrected chi connectivity index (χ2v) is 8.93. The number of hydrogen-bond acceptors (Lipinski definition) is 8. The molecular formula is C29H27N3O9. The number of hydrogen-bond donors (Lipinski definition) is 4. The number of amides is 3. The van der Waals surface area contributed by atoms with E-state index in [1.807, 2.05) is 5.43 Å². The number of carboxylic acids is 1. The molecule has 0 unspecified atom stereocenters. The molecule has 0 aromatic heterocycles. The van der Waals surface area contributed by atoms with Crippen LogP contribution in [0.2, 0.25) is 0 Å². The van der Waals surface area contributed by atoms with Gasteiger partial charge in [-0.3, -0.25) is 25.2 Å². The van der Waals surface area contributed by atoms with Crippen LogP contribution in [0.5, 0.6) is 0 Å². The average Bonchev–Trinajstić information content (AvgIpc) is 2.93. The van der Waals surface area contributed by atoms with Crippen LogP contribution < -0.4 is 16.2 Å². The van der Waals surface area contributed by atoms with Crippen LogP contribution in [0, 0.1) is 13.8 Å². The number of carboxylic acid groups (broad SMARTS) is 1. The lowest BCUT2D eigenvalue weighted by atomic mass is 10.1. The summed E-state index contributed by atoms with van der Waals surface area (Å²) in [5.74, 6) is -6.31. The molecule has 12 heteroatoms. The van der Waals surface area contributed by atoms with E-state index >= 15 is 0 Å². The van der Waals surface area contributed by atoms with Crippen LogP contribution in [0.1, 0.15) is 49.1 Å². The average molecular weight is 562 g/mol. The number of anilines is 1. The minimum absolute atomic E-state index is 0.0106. The summed E-state index contributed by atoms with van der Waals surface area (Å²) in [6.45, 7) is 4.74. The molecule has 41 heavy (non-hydrogen) atoms. The normalized spacial score (nSPS) is 11.8. The van der Waals surface area contributed by atoms with Crippen LogP contribution in [0.3, 0.4) is 0 Å². The number of benzene rings is 3. The number of ether oxygens (including phenoxy) is 2. The number of aryl methyl sites for hydroxylation is 2. The third-order valence-electron chi connectivity index (χ3n) is 5.52. The highest BCUT2D eigenvalue weighted by atomic mass is 16.6. The molecule has 3 aromatic carbocycles. The number of nitrogens with one attached hydrogen (secondary N) is 3. The summed E-state index contributed by atoms with van der Waals surface area (Å²) in [6.07, 6.45) is -4.47. The summed E-state index contributed by atoms with van der Waals surface area (Å²) in [5, 5.41) is 12.4. The largest absolute Gasteiger partial charge is 0.478 e. The number of rotatable bonds is 9. The molecular weight excluding hydrogens is 534 g/mol. The van der Waals surface area contributed by atoms with E-state index in [2.05, 4.69) is 10.7 Å². The molecule has 3 rings (SSSR count). The van der Waals surface area contributed by atoms with Crippen LogP contribution in [0.4, 0.5) is 5.69 Å². The molecule has 0 fully saturated rings. The van der Waals surface area contributed by atoms with Crippen molar-refractivity contribution < 1.29 is 43.3 Å². The molecule has 2 atom stereocenters. The maximum atomic E-state index is 13.1. The molecule has 0 saturated heterocycles. The first kappa shape index (κ1) is 30.0. The Balaban J connectivity index is 1.82. The summed E-state index contributed by atoms with van der Waals surface area (Å²) in [5.41, 5.74) is 6.03. The second-order valence-electron chi connectivity index (χ2n) is 8.93. The zero-order valence-electron chi connectivity index (χ0n) is 22.3. The van der Waals surface area contributed by atoms with E-state index < -0.39 is 41.9 Å². The third kappa shape index (κ3) is 8.48. The topological polar surface area (TPSA) is 177 Å². The van der Waals surface area contributed by atoms with Gasteiger partial charge in [0.05, 0.1) is 11.1 Å². The molecule has 0 aliphatic carbocycles. The summed E-state index contributed by atoms with van der Waals surface area (Å²) in [6, 6.07) is 17.9. The van der Waals surface area contributed by atoms with E-state index in [1.54, 1.807) is 38.1 Å². The van der Waals surface area contributed by atoms with E-state index in [0.29, 0.717) is 16.8 Å². The molecule has 3 aromatic rings. The number of hydrazine groups is 1. The van der Waals surface area contributed by atoms with Crippen LogP contribution in [-0.4, -0.2) is 52.9 Å². The summed E-state index contributed by atoms with van der Waals surface area (Å²) in [7, 11) is 0. The maximum absolute atomic E-state index is 13.1. The predicted molar refractivity (Wildman–Crippen MR) is 145 cm³/mol. The highest BCUT2D eigenvalue weighted by Crippen LogP contribution is 2.15. The first-order valence-corrected chi connectivity index (χ1v) is 12.2. The summed E-state index contributed by atoms with van der Waals surface area (Å²) >= 11 is 0. The molecule has 0 bridgehead atoms. The third-order valence-corrected chi connectivity index (χ3v) is 5.52. The molecule has 12 nitrogen and oxygen atoms in total. The minimum atomic E-state index is -2.27. The zero-order valence-corrected chi connectivity index (χ0v) is 22.3. The van der Waals surface area contributed by atoms with Crippen LogP contribution in [-0.2, 0) is 23.9 Å². The molecule has 0 aliphatic rings. The fourth-order valence-corrected chi connectivity index (χ4v) is 3.58. The second kappa shape index (κ2) is 13.5. The van der Waals surface area contributed by atoms with Gasteiger partial charge >= 0.3 is 17.9 Å². The molecule has 4 N–H and O–H groups in total. The van der Waals surface area contributed by atoms with Gasteiger partial charge in [-0.1, -0.05) is 35.4 Å². The van der Waals surface area contributed by atoms with Crippen molar-refractivity contribution in [3.05, 3.63) is 101 Å². The van der Waals surface area contributed by atoms with Crippen LogP contribution in [0.15, 0.2) is 72.8 Å². The van der Waals surface area contributed by atoms with Gasteiger partial charge in [-0.25, -0.2) is 14.4 Å². The molecule has 0 heterocycles. The van der Waals surface area contributed by atoms with Crippen molar-refractivity contribution in [2.24, 2.45) is 0 Å². The lowest BCUT2D eigenvalue weighted by Crippen LogP contribution is -2.54. The van der Waals surface area contributed by atoms with Gasteiger partial charge in [-0.15, -0.1) is 0 Å². The molecule has 0 radical (unpaired) electrons. The van der Waals surface area contributed by atoms with Gasteiger partial charge in [0, 0.05) is 18.2 Å². The molecule has 0 saturated carbocycles. The Morgan fingerprint density at radius 1 is 0.683 bits per heavy atom. The monoisotopic (exact) mass is 561 g/mol. The Morgan fingerprint density at radius 3 is 1.66 bits per heavy atom. The highest BCUT2D eigenvalue weighted by molar-refractivity contribution is 5.99. The van der Waals surface area contributed by atoms with Crippen molar-refractivity contribution in [2.45, 2.75) is 33.0 Å². The smallest absolute Gasteiger partial charge is 0.349 e. The predicted octanol–water partition coefficient (Wildman–Crippen LogP) is 2.56. The molecule has 0 aliphatic heterocycles. The lowest BCUT2D eigenvalue weighted by molar-refractivity contribution is -0.159. The summed E-state index contributed by atoms with van der Waals surface area (Å²) < 4.78 is 10.3. The number of esters is 2. The zero-order chi connectivity index (χ0) is 30.1. The van der Waals surface area contributed by atoms with Gasteiger partial charge in [-0.2, -0.15) is 0 Å². The fourth-order valence-electron chi connectivity index (χ4n) is 3.58. The number of carbonyl (C=O) groups is 6. The van der Waals surface area contributed by atoms with E-state index in [1.165, 1.54) is 55.5 Å². The van der Waals surface area contributed by atoms with E-state index in [0.717, 1.165) is 0 Å². The van der Waals surface area contributed by atoms with Crippen molar-refractivity contribution in [1.29, 1.82) is 0 Å². The van der Waals surface area contributed by atoms with Gasteiger partial charge < -0.3 is 19.9 Å². The Labute approximate surface area is 234 Å². The standard InChI is InChI=1S/C29H27N3O9/c1-16-6-4-8-20(14-16)28(38)40-23(24(27(36)37)41-29(39)21-9-5-7-17(2)15-21)26(35)32-31-25(34)19-10-12-22(13-11-19)30-18(3)33/h4-15,23-24H,1-3H3,(H,30,33)(H,31,34)(H,32,35)(H,36,37)/t23-,24-/m0/s1. The van der Waals surface area contributed by atoms with Crippen molar-refractivity contribution in [2.75, 3.05) is 5.32 Å². The van der Waals surface area contributed by atoms with Gasteiger partial charge in [0.15, 0.2) is 0 Å². The van der Waals surface area contributed by atoms with Crippen LogP contribution in [0.25, 0.3) is 0 Å². The van der Waals surface area contributed by atoms with Crippen molar-refractivity contribution in [3.63, 3.8) is 0 Å². The minimum Gasteiger partial charge on any atom is -0.478 e. The van der Waals surface area contributed by atoms with Gasteiger partial charge in [0.1, 0.15) is 0 Å². The van der Waals surface area contributed by atoms with Crippen molar-refractivity contribution in [3.8, 4) is 0 Å². The first-order valence-electron chi connectivity index (χ1n) is 12.2. The Morgan fingerprint density at radius 2 is 1.20 bits per heavy atom. The van der Waals surface area contributed by atoms with Crippen molar-refractivity contribution in [1.82, 2.24) is 10.9 Å². The van der Waals surface area contributed by atoms with E-state index in [9.17, 15) is 33.9 Å². The SMILES string of the molecule is CC(=O)Nc1ccc(C(=O)NNC(=O)[C@@H](OC(=O)c2cccc(C)c2)[C@H](OC(=O)c2cccc(C)c2)C(=O)O)cc1. The summed E-state index contributed by atoms with van der Waals surface area (Å²) in [4.78, 5) is 74.6. The quantitative estimate of drug-likeness (QED) is 0.226. The highest BCUT2D eigenvalue weighted by Gasteiger charge is 2.41. The molecule has 0 spiro atoms. The molecule has 212 valence electrons. The van der Waals surface area contributed by atoms with Gasteiger partial charge in [0.2, 0.25) is 18.1 Å². The number of carbonyl (C=O) groups excluding carboxylic acids is 5. The molecule has 3 amide bonds.